The van der Waals surface area contributed by atoms with Crippen molar-refractivity contribution in [1.82, 2.24) is 9.88 Å². The average Bonchev–Trinajstić information content (AvgIpc) is 3.00. The number of halogens is 2. The summed E-state index contributed by atoms with van der Waals surface area (Å²) in [5.74, 6) is 0.579. The molecule has 2 aromatic carbocycles. The zero-order valence-electron chi connectivity index (χ0n) is 16.2. The van der Waals surface area contributed by atoms with Crippen LogP contribution in [0.15, 0.2) is 73.1 Å². The van der Waals surface area contributed by atoms with E-state index >= 15 is 0 Å². The molecule has 4 heteroatoms. The Morgan fingerprint density at radius 2 is 1.38 bits per heavy atom. The summed E-state index contributed by atoms with van der Waals surface area (Å²) >= 11 is 13.4. The molecule has 2 aliphatic rings. The van der Waals surface area contributed by atoms with Gasteiger partial charge < -0.3 is 0 Å². The lowest BCUT2D eigenvalue weighted by atomic mass is 9.83. The highest BCUT2D eigenvalue weighted by atomic mass is 35.5. The fraction of sp³-hybridized carbons (Fsp3) is 0.320. The fourth-order valence-corrected chi connectivity index (χ4v) is 5.89. The highest BCUT2D eigenvalue weighted by Crippen LogP contribution is 2.50. The Kier molecular flexibility index (Phi) is 5.34. The van der Waals surface area contributed by atoms with Gasteiger partial charge in [-0.25, -0.2) is 0 Å². The minimum absolute atomic E-state index is 0.0877. The molecule has 2 saturated heterocycles. The first-order valence-corrected chi connectivity index (χ1v) is 11.1. The highest BCUT2D eigenvalue weighted by Gasteiger charge is 2.45. The molecule has 2 bridgehead atoms. The highest BCUT2D eigenvalue weighted by molar-refractivity contribution is 6.32. The van der Waals surface area contributed by atoms with Gasteiger partial charge in [0.2, 0.25) is 0 Å². The second-order valence-corrected chi connectivity index (χ2v) is 9.05. The van der Waals surface area contributed by atoms with E-state index < -0.39 is 0 Å². The van der Waals surface area contributed by atoms with Gasteiger partial charge >= 0.3 is 0 Å². The zero-order chi connectivity index (χ0) is 19.8. The molecule has 1 unspecified atom stereocenters. The molecule has 3 aromatic rings. The van der Waals surface area contributed by atoms with Crippen LogP contribution in [0.5, 0.6) is 0 Å². The fourth-order valence-electron chi connectivity index (χ4n) is 5.41. The van der Waals surface area contributed by atoms with Gasteiger partial charge in [-0.05, 0) is 66.5 Å². The first-order chi connectivity index (χ1) is 14.2. The smallest absolute Gasteiger partial charge is 0.0636 e. The van der Waals surface area contributed by atoms with Crippen molar-refractivity contribution in [1.29, 1.82) is 0 Å². The average molecular weight is 423 g/mol. The monoisotopic (exact) mass is 422 g/mol. The predicted octanol–water partition coefficient (Wildman–Crippen LogP) is 6.89. The van der Waals surface area contributed by atoms with Crippen LogP contribution in [0.4, 0.5) is 0 Å². The third-order valence-corrected chi connectivity index (χ3v) is 7.33. The third-order valence-electron chi connectivity index (χ3n) is 6.64. The summed E-state index contributed by atoms with van der Waals surface area (Å²) in [6.07, 6.45) is 8.68. The summed E-state index contributed by atoms with van der Waals surface area (Å²) in [7, 11) is 0. The van der Waals surface area contributed by atoms with Crippen LogP contribution < -0.4 is 0 Å². The molecule has 148 valence electrons. The van der Waals surface area contributed by atoms with Crippen LogP contribution in [0.3, 0.4) is 0 Å². The molecule has 0 radical (unpaired) electrons. The molecule has 0 spiro atoms. The van der Waals surface area contributed by atoms with Crippen LogP contribution in [-0.4, -0.2) is 22.0 Å². The van der Waals surface area contributed by atoms with Crippen molar-refractivity contribution in [2.75, 3.05) is 0 Å². The van der Waals surface area contributed by atoms with Gasteiger partial charge in [-0.15, -0.1) is 0 Å². The van der Waals surface area contributed by atoms with Gasteiger partial charge in [0.05, 0.1) is 6.04 Å². The number of nitrogens with zero attached hydrogens (tertiary/aromatic N) is 2. The minimum atomic E-state index is 0.0877. The standard InChI is InChI=1S/C25H24Cl2N2/c26-23-9-3-1-7-21(23)25(22-8-2-4-10-24(22)27)29-19-11-12-20(29)15-18(14-19)17-6-5-13-28-16-17/h1-10,13,16,18-20,25H,11-12,14-15H2/t18?,19-,20+. The van der Waals surface area contributed by atoms with E-state index in [1.165, 1.54) is 18.4 Å². The van der Waals surface area contributed by atoms with Crippen molar-refractivity contribution >= 4 is 23.2 Å². The van der Waals surface area contributed by atoms with Gasteiger partial charge in [-0.1, -0.05) is 65.7 Å². The Morgan fingerprint density at radius 1 is 0.793 bits per heavy atom. The Bertz CT molecular complexity index is 931. The molecule has 29 heavy (non-hydrogen) atoms. The van der Waals surface area contributed by atoms with E-state index in [2.05, 4.69) is 46.3 Å². The number of hydrogen-bond acceptors (Lipinski definition) is 2. The molecule has 0 amide bonds. The zero-order valence-corrected chi connectivity index (χ0v) is 17.7. The van der Waals surface area contributed by atoms with Gasteiger partial charge in [0.25, 0.3) is 0 Å². The first-order valence-electron chi connectivity index (χ1n) is 10.4. The Hall–Kier alpha value is -1.87. The van der Waals surface area contributed by atoms with Gasteiger partial charge in [-0.2, -0.15) is 0 Å². The van der Waals surface area contributed by atoms with Crippen molar-refractivity contribution in [3.8, 4) is 0 Å². The van der Waals surface area contributed by atoms with Crippen molar-refractivity contribution < 1.29 is 0 Å². The maximum atomic E-state index is 6.70. The Labute approximate surface area is 182 Å². The van der Waals surface area contributed by atoms with Crippen molar-refractivity contribution in [2.45, 2.75) is 49.7 Å². The van der Waals surface area contributed by atoms with Crippen LogP contribution in [-0.2, 0) is 0 Å². The van der Waals surface area contributed by atoms with Crippen LogP contribution in [0.2, 0.25) is 10.0 Å². The second-order valence-electron chi connectivity index (χ2n) is 8.23. The summed E-state index contributed by atoms with van der Waals surface area (Å²) in [4.78, 5) is 7.06. The van der Waals surface area contributed by atoms with Crippen molar-refractivity contribution in [3.05, 3.63) is 99.8 Å². The summed E-state index contributed by atoms with van der Waals surface area (Å²) in [6, 6.07) is 21.9. The molecule has 3 heterocycles. The van der Waals surface area contributed by atoms with E-state index in [9.17, 15) is 0 Å². The SMILES string of the molecule is Clc1ccccc1C(c1ccccc1Cl)N1[C@@H]2CC[C@H]1CC(c1cccnc1)C2. The number of rotatable bonds is 4. The second kappa shape index (κ2) is 8.10. The molecular weight excluding hydrogens is 399 g/mol. The van der Waals surface area contributed by atoms with E-state index in [0.717, 1.165) is 34.0 Å². The Balaban J connectivity index is 1.54. The summed E-state index contributed by atoms with van der Waals surface area (Å²) in [5, 5.41) is 1.62. The van der Waals surface area contributed by atoms with E-state index in [1.807, 2.05) is 36.7 Å². The summed E-state index contributed by atoms with van der Waals surface area (Å²) < 4.78 is 0. The molecule has 0 aliphatic carbocycles. The van der Waals surface area contributed by atoms with Gasteiger partial charge in [0.15, 0.2) is 0 Å². The number of aromatic nitrogens is 1. The van der Waals surface area contributed by atoms with Gasteiger partial charge in [0, 0.05) is 34.5 Å². The number of hydrogen-bond donors (Lipinski definition) is 0. The summed E-state index contributed by atoms with van der Waals surface area (Å²) in [5.41, 5.74) is 3.68. The molecule has 2 nitrogen and oxygen atoms in total. The lowest BCUT2D eigenvalue weighted by molar-refractivity contribution is 0.0934. The largest absolute Gasteiger partial charge is 0.286 e. The Morgan fingerprint density at radius 3 is 1.90 bits per heavy atom. The molecular formula is C25H24Cl2N2. The van der Waals surface area contributed by atoms with Crippen LogP contribution >= 0.6 is 23.2 Å². The number of benzene rings is 2. The van der Waals surface area contributed by atoms with Crippen LogP contribution in [0, 0.1) is 0 Å². The van der Waals surface area contributed by atoms with Gasteiger partial charge in [-0.3, -0.25) is 9.88 Å². The lowest BCUT2D eigenvalue weighted by Gasteiger charge is -2.44. The maximum absolute atomic E-state index is 6.70. The molecule has 2 fully saturated rings. The van der Waals surface area contributed by atoms with E-state index in [1.54, 1.807) is 0 Å². The van der Waals surface area contributed by atoms with Crippen LogP contribution in [0.1, 0.15) is 54.3 Å². The third kappa shape index (κ3) is 3.59. The minimum Gasteiger partial charge on any atom is -0.286 e. The van der Waals surface area contributed by atoms with E-state index in [4.69, 9.17) is 23.2 Å². The number of pyridine rings is 1. The molecule has 2 aliphatic heterocycles. The number of fused-ring (bicyclic) bond motifs is 2. The van der Waals surface area contributed by atoms with Crippen LogP contribution in [0.25, 0.3) is 0 Å². The molecule has 0 N–H and O–H groups in total. The van der Waals surface area contributed by atoms with E-state index in [-0.39, 0.29) is 6.04 Å². The van der Waals surface area contributed by atoms with E-state index in [0.29, 0.717) is 18.0 Å². The summed E-state index contributed by atoms with van der Waals surface area (Å²) in [6.45, 7) is 0. The molecule has 1 aromatic heterocycles. The van der Waals surface area contributed by atoms with Crippen molar-refractivity contribution in [3.63, 3.8) is 0 Å². The number of piperidine rings is 1. The first kappa shape index (κ1) is 19.1. The normalized spacial score (nSPS) is 24.2. The quantitative estimate of drug-likeness (QED) is 0.454. The van der Waals surface area contributed by atoms with Crippen molar-refractivity contribution in [2.24, 2.45) is 0 Å². The molecule has 0 saturated carbocycles. The maximum Gasteiger partial charge on any atom is 0.0636 e. The van der Waals surface area contributed by atoms with Gasteiger partial charge in [0.1, 0.15) is 0 Å². The molecule has 5 rings (SSSR count). The lowest BCUT2D eigenvalue weighted by Crippen LogP contribution is -2.45. The predicted molar refractivity (Wildman–Crippen MR) is 120 cm³/mol. The molecule has 3 atom stereocenters. The topological polar surface area (TPSA) is 16.1 Å².